The first kappa shape index (κ1) is 17.6. The van der Waals surface area contributed by atoms with Crippen LogP contribution in [-0.2, 0) is 4.79 Å². The number of piperidine rings is 1. The first-order chi connectivity index (χ1) is 11.2. The molecule has 1 aromatic carbocycles. The van der Waals surface area contributed by atoms with E-state index >= 15 is 0 Å². The number of carbonyl (C=O) groups excluding carboxylic acids is 1. The Morgan fingerprint density at radius 3 is 2.46 bits per heavy atom. The van der Waals surface area contributed by atoms with Crippen LogP contribution in [0.2, 0.25) is 19.1 Å². The van der Waals surface area contributed by atoms with E-state index in [1.54, 1.807) is 0 Å². The van der Waals surface area contributed by atoms with Crippen LogP contribution in [0.25, 0.3) is 0 Å². The lowest BCUT2D eigenvalue weighted by Gasteiger charge is -2.44. The first-order valence-electron chi connectivity index (χ1n) is 8.62. The van der Waals surface area contributed by atoms with Crippen LogP contribution in [-0.4, -0.2) is 58.2 Å². The van der Waals surface area contributed by atoms with Crippen molar-refractivity contribution in [2.75, 3.05) is 0 Å². The van der Waals surface area contributed by atoms with Crippen molar-refractivity contribution in [1.29, 1.82) is 0 Å². The van der Waals surface area contributed by atoms with E-state index in [4.69, 9.17) is 0 Å². The summed E-state index contributed by atoms with van der Waals surface area (Å²) in [5, 5.41) is 33.6. The van der Waals surface area contributed by atoms with E-state index in [9.17, 15) is 20.1 Å². The van der Waals surface area contributed by atoms with E-state index in [1.165, 1.54) is 17.0 Å². The summed E-state index contributed by atoms with van der Waals surface area (Å²) in [6, 6.07) is 10.2. The number of amides is 1. The molecule has 6 heteroatoms. The standard InChI is InChI=1S/C18H27NO4Si/c1-12(20)19-16-15(21)9-10-18(19,23)14(17(16)22)11-24(2,3)13-7-5-4-6-8-13/h4-8,14-17,21-23H,9-11H2,1-3H3/t14-,15-,16?,17-,18+/m0/s1. The highest BCUT2D eigenvalue weighted by Crippen LogP contribution is 2.49. The quantitative estimate of drug-likeness (QED) is 0.700. The fraction of sp³-hybridized carbons (Fsp3) is 0.611. The summed E-state index contributed by atoms with van der Waals surface area (Å²) in [6.45, 7) is 5.83. The Kier molecular flexibility index (Phi) is 4.36. The van der Waals surface area contributed by atoms with Crippen molar-refractivity contribution in [3.63, 3.8) is 0 Å². The number of benzene rings is 1. The third kappa shape index (κ3) is 2.62. The van der Waals surface area contributed by atoms with Crippen molar-refractivity contribution >= 4 is 19.2 Å². The van der Waals surface area contributed by atoms with Crippen molar-refractivity contribution in [2.24, 2.45) is 5.92 Å². The molecule has 3 N–H and O–H groups in total. The number of rotatable bonds is 3. The van der Waals surface area contributed by atoms with Gasteiger partial charge in [0.1, 0.15) is 5.72 Å². The van der Waals surface area contributed by atoms with E-state index in [2.05, 4.69) is 25.2 Å². The molecule has 0 radical (unpaired) electrons. The van der Waals surface area contributed by atoms with E-state index in [-0.39, 0.29) is 5.91 Å². The summed E-state index contributed by atoms with van der Waals surface area (Å²) in [4.78, 5) is 13.4. The Morgan fingerprint density at radius 2 is 1.92 bits per heavy atom. The zero-order chi connectivity index (χ0) is 17.7. The van der Waals surface area contributed by atoms with E-state index in [0.29, 0.717) is 18.9 Å². The highest BCUT2D eigenvalue weighted by atomic mass is 28.3. The molecule has 2 aliphatic rings. The summed E-state index contributed by atoms with van der Waals surface area (Å²) in [7, 11) is -1.92. The minimum atomic E-state index is -1.92. The average Bonchev–Trinajstić information content (AvgIpc) is 2.70. The predicted molar refractivity (Wildman–Crippen MR) is 94.4 cm³/mol. The minimum absolute atomic E-state index is 0.290. The fourth-order valence-corrected chi connectivity index (χ4v) is 7.66. The van der Waals surface area contributed by atoms with Crippen LogP contribution < -0.4 is 5.19 Å². The number of nitrogens with zero attached hydrogens (tertiary/aromatic N) is 1. The third-order valence-corrected chi connectivity index (χ3v) is 9.26. The average molecular weight is 350 g/mol. The molecule has 1 aromatic rings. The van der Waals surface area contributed by atoms with Crippen LogP contribution in [0.5, 0.6) is 0 Å². The summed E-state index contributed by atoms with van der Waals surface area (Å²) >= 11 is 0. The maximum absolute atomic E-state index is 12.1. The van der Waals surface area contributed by atoms with Gasteiger partial charge in [-0.15, -0.1) is 0 Å². The third-order valence-electron chi connectivity index (χ3n) is 5.90. The first-order valence-corrected chi connectivity index (χ1v) is 11.8. The molecule has 3 rings (SSSR count). The van der Waals surface area contributed by atoms with Crippen molar-refractivity contribution in [3.8, 4) is 0 Å². The lowest BCUT2D eigenvalue weighted by molar-refractivity contribution is -0.180. The molecule has 1 unspecified atom stereocenters. The number of aliphatic hydroxyl groups excluding tert-OH is 2. The number of fused-ring (bicyclic) bond motifs is 2. The molecule has 2 heterocycles. The second kappa shape index (κ2) is 5.95. The Labute approximate surface area is 143 Å². The predicted octanol–water partition coefficient (Wildman–Crippen LogP) is 0.653. The van der Waals surface area contributed by atoms with Crippen LogP contribution >= 0.6 is 0 Å². The Balaban J connectivity index is 1.95. The second-order valence-electron chi connectivity index (χ2n) is 7.92. The van der Waals surface area contributed by atoms with Gasteiger partial charge < -0.3 is 20.2 Å². The normalized spacial score (nSPS) is 36.0. The van der Waals surface area contributed by atoms with E-state index in [0.717, 1.165) is 0 Å². The lowest BCUT2D eigenvalue weighted by atomic mass is 9.93. The largest absolute Gasteiger partial charge is 0.391 e. The van der Waals surface area contributed by atoms with Gasteiger partial charge in [0, 0.05) is 12.8 Å². The molecular formula is C18H27NO4Si. The Morgan fingerprint density at radius 1 is 1.29 bits per heavy atom. The van der Waals surface area contributed by atoms with Crippen LogP contribution in [0.15, 0.2) is 30.3 Å². The van der Waals surface area contributed by atoms with Gasteiger partial charge in [-0.1, -0.05) is 48.6 Å². The molecule has 0 saturated carbocycles. The van der Waals surface area contributed by atoms with E-state index < -0.39 is 38.0 Å². The van der Waals surface area contributed by atoms with E-state index in [1.807, 2.05) is 18.2 Å². The molecule has 5 atom stereocenters. The van der Waals surface area contributed by atoms with Gasteiger partial charge in [0.05, 0.1) is 26.3 Å². The summed E-state index contributed by atoms with van der Waals surface area (Å²) in [6.07, 6.45) is -0.959. The van der Waals surface area contributed by atoms with Crippen molar-refractivity contribution < 1.29 is 20.1 Å². The van der Waals surface area contributed by atoms with Crippen LogP contribution in [0, 0.1) is 5.92 Å². The fourth-order valence-electron chi connectivity index (χ4n) is 4.66. The van der Waals surface area contributed by atoms with Gasteiger partial charge in [-0.2, -0.15) is 0 Å². The minimum Gasteiger partial charge on any atom is -0.391 e. The SMILES string of the molecule is CC(=O)N1C2[C@@H](O)[C@H](C[Si](C)(C)c3ccccc3)[C@]1(O)CC[C@@H]2O. The number of carbonyl (C=O) groups is 1. The van der Waals surface area contributed by atoms with Gasteiger partial charge >= 0.3 is 0 Å². The Bertz CT molecular complexity index is 623. The number of hydrogen-bond donors (Lipinski definition) is 3. The highest BCUT2D eigenvalue weighted by molar-refractivity contribution is 6.89. The van der Waals surface area contributed by atoms with Gasteiger partial charge in [0.15, 0.2) is 0 Å². The molecule has 2 aliphatic heterocycles. The highest BCUT2D eigenvalue weighted by Gasteiger charge is 2.63. The maximum atomic E-state index is 12.1. The molecule has 0 spiro atoms. The summed E-state index contributed by atoms with van der Waals surface area (Å²) in [5.74, 6) is -0.715. The number of hydrogen-bond acceptors (Lipinski definition) is 4. The van der Waals surface area contributed by atoms with Crippen molar-refractivity contribution in [1.82, 2.24) is 4.90 Å². The molecule has 2 saturated heterocycles. The maximum Gasteiger partial charge on any atom is 0.222 e. The molecule has 2 fully saturated rings. The smallest absolute Gasteiger partial charge is 0.222 e. The zero-order valence-electron chi connectivity index (χ0n) is 14.5. The van der Waals surface area contributed by atoms with Gasteiger partial charge in [0.25, 0.3) is 0 Å². The van der Waals surface area contributed by atoms with Gasteiger partial charge in [-0.05, 0) is 18.9 Å². The molecular weight excluding hydrogens is 322 g/mol. The van der Waals surface area contributed by atoms with Gasteiger partial charge in [0.2, 0.25) is 5.91 Å². The van der Waals surface area contributed by atoms with Crippen molar-refractivity contribution in [3.05, 3.63) is 30.3 Å². The molecule has 0 aliphatic carbocycles. The van der Waals surface area contributed by atoms with Gasteiger partial charge in [-0.25, -0.2) is 0 Å². The Hall–Kier alpha value is -1.21. The van der Waals surface area contributed by atoms with Crippen LogP contribution in [0.3, 0.4) is 0 Å². The second-order valence-corrected chi connectivity index (χ2v) is 12.7. The van der Waals surface area contributed by atoms with Crippen molar-refractivity contribution in [2.45, 2.75) is 62.9 Å². The van der Waals surface area contributed by atoms with Gasteiger partial charge in [-0.3, -0.25) is 4.79 Å². The monoisotopic (exact) mass is 349 g/mol. The molecule has 0 aromatic heterocycles. The molecule has 2 bridgehead atoms. The van der Waals surface area contributed by atoms with Crippen LogP contribution in [0.4, 0.5) is 0 Å². The summed E-state index contributed by atoms with van der Waals surface area (Å²) in [5.41, 5.74) is -1.35. The van der Waals surface area contributed by atoms with Crippen LogP contribution in [0.1, 0.15) is 19.8 Å². The summed E-state index contributed by atoms with van der Waals surface area (Å²) < 4.78 is 0. The zero-order valence-corrected chi connectivity index (χ0v) is 15.5. The number of aliphatic hydroxyl groups is 3. The molecule has 5 nitrogen and oxygen atoms in total. The lowest BCUT2D eigenvalue weighted by Crippen LogP contribution is -2.59. The molecule has 132 valence electrons. The molecule has 1 amide bonds. The molecule has 24 heavy (non-hydrogen) atoms. The topological polar surface area (TPSA) is 81.0 Å².